The number of esters is 1. The molecule has 2 heterocycles. The highest BCUT2D eigenvalue weighted by Gasteiger charge is 2.32. The van der Waals surface area contributed by atoms with Gasteiger partial charge in [0.1, 0.15) is 4.32 Å². The molecule has 4 rings (SSSR count). The summed E-state index contributed by atoms with van der Waals surface area (Å²) in [5.74, 6) is -0.582. The number of hydrogen-bond donors (Lipinski definition) is 0. The summed E-state index contributed by atoms with van der Waals surface area (Å²) in [7, 11) is 1.33. The van der Waals surface area contributed by atoms with Gasteiger partial charge in [0.05, 0.1) is 17.6 Å². The predicted molar refractivity (Wildman–Crippen MR) is 138 cm³/mol. The third-order valence-corrected chi connectivity index (χ3v) is 7.18. The van der Waals surface area contributed by atoms with Crippen molar-refractivity contribution in [3.05, 3.63) is 70.6 Å². The minimum atomic E-state index is -0.413. The van der Waals surface area contributed by atoms with Crippen molar-refractivity contribution >= 4 is 57.8 Å². The lowest BCUT2D eigenvalue weighted by molar-refractivity contribution is -0.132. The fraction of sp³-hybridized carbons (Fsp3) is 0.280. The lowest BCUT2D eigenvalue weighted by atomic mass is 10.1. The first-order chi connectivity index (χ1) is 16.5. The Kier molecular flexibility index (Phi) is 7.64. The van der Waals surface area contributed by atoms with Crippen LogP contribution >= 0.6 is 24.0 Å². The zero-order valence-electron chi connectivity index (χ0n) is 18.8. The average molecular weight is 496 g/mol. The molecule has 2 saturated heterocycles. The normalized spacial score (nSPS) is 17.4. The summed E-state index contributed by atoms with van der Waals surface area (Å²) in [4.78, 5) is 43.3. The molecule has 0 N–H and O–H groups in total. The van der Waals surface area contributed by atoms with E-state index in [4.69, 9.17) is 17.0 Å². The molecule has 0 saturated carbocycles. The molecule has 0 bridgehead atoms. The highest BCUT2D eigenvalue weighted by molar-refractivity contribution is 8.26. The molecule has 2 aliphatic heterocycles. The van der Waals surface area contributed by atoms with Crippen LogP contribution in [0, 0.1) is 0 Å². The van der Waals surface area contributed by atoms with Gasteiger partial charge in [0, 0.05) is 44.8 Å². The van der Waals surface area contributed by atoms with Crippen LogP contribution in [0.25, 0.3) is 6.08 Å². The van der Waals surface area contributed by atoms with E-state index >= 15 is 0 Å². The maximum Gasteiger partial charge on any atom is 0.337 e. The molecule has 2 fully saturated rings. The Morgan fingerprint density at radius 2 is 1.71 bits per heavy atom. The topological polar surface area (TPSA) is 70.2 Å². The van der Waals surface area contributed by atoms with Gasteiger partial charge in [-0.2, -0.15) is 0 Å². The molecule has 0 radical (unpaired) electrons. The van der Waals surface area contributed by atoms with Crippen molar-refractivity contribution in [2.75, 3.05) is 44.7 Å². The summed E-state index contributed by atoms with van der Waals surface area (Å²) in [5, 5.41) is 0. The minimum absolute atomic E-state index is 0.0316. The van der Waals surface area contributed by atoms with E-state index in [0.717, 1.165) is 18.7 Å². The largest absolute Gasteiger partial charge is 0.465 e. The highest BCUT2D eigenvalue weighted by Crippen LogP contribution is 2.32. The van der Waals surface area contributed by atoms with Gasteiger partial charge >= 0.3 is 5.97 Å². The van der Waals surface area contributed by atoms with E-state index in [1.54, 1.807) is 30.3 Å². The quantitative estimate of drug-likeness (QED) is 0.346. The third kappa shape index (κ3) is 5.48. The summed E-state index contributed by atoms with van der Waals surface area (Å²) in [6, 6.07) is 17.0. The molecular weight excluding hydrogens is 470 g/mol. The van der Waals surface area contributed by atoms with Gasteiger partial charge in [0.15, 0.2) is 0 Å². The first-order valence-electron chi connectivity index (χ1n) is 11.0. The number of amides is 2. The number of piperazine rings is 1. The Labute approximate surface area is 208 Å². The van der Waals surface area contributed by atoms with Crippen LogP contribution in [0.5, 0.6) is 0 Å². The molecule has 7 nitrogen and oxygen atoms in total. The number of rotatable bonds is 6. The van der Waals surface area contributed by atoms with Crippen LogP contribution < -0.4 is 4.90 Å². The summed E-state index contributed by atoms with van der Waals surface area (Å²) < 4.78 is 5.15. The second-order valence-electron chi connectivity index (χ2n) is 7.90. The predicted octanol–water partition coefficient (Wildman–Crippen LogP) is 3.41. The van der Waals surface area contributed by atoms with Crippen molar-refractivity contribution in [1.29, 1.82) is 0 Å². The first kappa shape index (κ1) is 24.0. The van der Waals surface area contributed by atoms with Crippen molar-refractivity contribution in [1.82, 2.24) is 9.80 Å². The van der Waals surface area contributed by atoms with E-state index in [-0.39, 0.29) is 24.8 Å². The van der Waals surface area contributed by atoms with Crippen LogP contribution in [-0.4, -0.2) is 71.7 Å². The van der Waals surface area contributed by atoms with Crippen molar-refractivity contribution in [2.45, 2.75) is 6.42 Å². The van der Waals surface area contributed by atoms with E-state index in [1.165, 1.54) is 29.5 Å². The molecule has 0 spiro atoms. The summed E-state index contributed by atoms with van der Waals surface area (Å²) >= 11 is 6.62. The monoisotopic (exact) mass is 495 g/mol. The van der Waals surface area contributed by atoms with Gasteiger partial charge < -0.3 is 14.5 Å². The molecule has 9 heteroatoms. The van der Waals surface area contributed by atoms with Crippen molar-refractivity contribution in [3.8, 4) is 0 Å². The zero-order chi connectivity index (χ0) is 24.1. The van der Waals surface area contributed by atoms with E-state index < -0.39 is 5.97 Å². The van der Waals surface area contributed by atoms with Crippen molar-refractivity contribution < 1.29 is 19.1 Å². The average Bonchev–Trinajstić information content (AvgIpc) is 3.14. The second kappa shape index (κ2) is 10.8. The number of carbonyl (C=O) groups excluding carboxylic acids is 3. The Morgan fingerprint density at radius 3 is 2.35 bits per heavy atom. The standard InChI is InChI=1S/C25H25N3O4S2/c1-32-24(31)19-9-7-18(8-10-19)17-21-23(30)28(25(33)34-21)12-11-22(29)27-15-13-26(14-16-27)20-5-3-2-4-6-20/h2-10,17H,11-16H2,1H3/b21-17-. The number of methoxy groups -OCH3 is 1. The molecule has 2 aromatic rings. The third-order valence-electron chi connectivity index (χ3n) is 5.81. The molecule has 34 heavy (non-hydrogen) atoms. The highest BCUT2D eigenvalue weighted by atomic mass is 32.2. The van der Waals surface area contributed by atoms with Crippen molar-refractivity contribution in [3.63, 3.8) is 0 Å². The summed E-state index contributed by atoms with van der Waals surface area (Å²) in [5.41, 5.74) is 2.38. The van der Waals surface area contributed by atoms with Crippen LogP contribution in [-0.2, 0) is 14.3 Å². The Balaban J connectivity index is 1.30. The Morgan fingerprint density at radius 1 is 1.03 bits per heavy atom. The molecular formula is C25H25N3O4S2. The molecule has 2 aliphatic rings. The number of thioether (sulfide) groups is 1. The molecule has 0 unspecified atom stereocenters. The molecule has 2 aromatic carbocycles. The smallest absolute Gasteiger partial charge is 0.337 e. The first-order valence-corrected chi connectivity index (χ1v) is 12.2. The van der Waals surface area contributed by atoms with E-state index in [0.29, 0.717) is 27.9 Å². The van der Waals surface area contributed by atoms with E-state index in [9.17, 15) is 14.4 Å². The fourth-order valence-corrected chi connectivity index (χ4v) is 5.20. The summed E-state index contributed by atoms with van der Waals surface area (Å²) in [6.07, 6.45) is 1.98. The SMILES string of the molecule is COC(=O)c1ccc(/C=C2\SC(=S)N(CCC(=O)N3CCN(c4ccccc4)CC3)C2=O)cc1. The van der Waals surface area contributed by atoms with Crippen LogP contribution in [0.1, 0.15) is 22.3 Å². The summed E-state index contributed by atoms with van der Waals surface area (Å²) in [6.45, 7) is 3.16. The number of carbonyl (C=O) groups is 3. The van der Waals surface area contributed by atoms with Gasteiger partial charge in [-0.25, -0.2) is 4.79 Å². The number of nitrogens with zero attached hydrogens (tertiary/aromatic N) is 3. The molecule has 176 valence electrons. The second-order valence-corrected chi connectivity index (χ2v) is 9.58. The fourth-order valence-electron chi connectivity index (χ4n) is 3.90. The zero-order valence-corrected chi connectivity index (χ0v) is 20.4. The Hall–Kier alpha value is -3.17. The lowest BCUT2D eigenvalue weighted by Gasteiger charge is -2.36. The maximum atomic E-state index is 12.9. The van der Waals surface area contributed by atoms with Gasteiger partial charge in [0.25, 0.3) is 5.91 Å². The van der Waals surface area contributed by atoms with Gasteiger partial charge in [-0.05, 0) is 35.9 Å². The van der Waals surface area contributed by atoms with Gasteiger partial charge in [-0.15, -0.1) is 0 Å². The minimum Gasteiger partial charge on any atom is -0.465 e. The Bertz CT molecular complexity index is 1110. The van der Waals surface area contributed by atoms with Crippen LogP contribution in [0.3, 0.4) is 0 Å². The van der Waals surface area contributed by atoms with Gasteiger partial charge in [-0.1, -0.05) is 54.3 Å². The molecule has 0 aliphatic carbocycles. The van der Waals surface area contributed by atoms with Crippen LogP contribution in [0.15, 0.2) is 59.5 Å². The number of thiocarbonyl (C=S) groups is 1. The van der Waals surface area contributed by atoms with Crippen molar-refractivity contribution in [2.24, 2.45) is 0 Å². The molecule has 0 aromatic heterocycles. The van der Waals surface area contributed by atoms with Crippen LogP contribution in [0.4, 0.5) is 5.69 Å². The van der Waals surface area contributed by atoms with Gasteiger partial charge in [-0.3, -0.25) is 14.5 Å². The van der Waals surface area contributed by atoms with Crippen LogP contribution in [0.2, 0.25) is 0 Å². The molecule has 0 atom stereocenters. The van der Waals surface area contributed by atoms with Gasteiger partial charge in [0.2, 0.25) is 5.91 Å². The number of anilines is 1. The maximum absolute atomic E-state index is 12.9. The number of para-hydroxylation sites is 1. The van der Waals surface area contributed by atoms with E-state index in [1.807, 2.05) is 23.1 Å². The number of ether oxygens (including phenoxy) is 1. The van der Waals surface area contributed by atoms with E-state index in [2.05, 4.69) is 17.0 Å². The molecule has 2 amide bonds. The number of benzene rings is 2. The number of hydrogen-bond acceptors (Lipinski definition) is 7. The lowest BCUT2D eigenvalue weighted by Crippen LogP contribution is -2.49.